The zero-order chi connectivity index (χ0) is 13.9. The summed E-state index contributed by atoms with van der Waals surface area (Å²) in [4.78, 5) is 14.8. The maximum absolute atomic E-state index is 12.4. The summed E-state index contributed by atoms with van der Waals surface area (Å²) in [7, 11) is 2.05. The van der Waals surface area contributed by atoms with Crippen LogP contribution in [-0.2, 0) is 9.53 Å². The number of hydrogen-bond donors (Lipinski definition) is 2. The van der Waals surface area contributed by atoms with Gasteiger partial charge >= 0.3 is 0 Å². The molecule has 5 nitrogen and oxygen atoms in total. The van der Waals surface area contributed by atoms with Crippen LogP contribution in [0.1, 0.15) is 38.5 Å². The van der Waals surface area contributed by atoms with E-state index < -0.39 is 0 Å². The first kappa shape index (κ1) is 14.3. The van der Waals surface area contributed by atoms with E-state index in [1.165, 1.54) is 25.7 Å². The van der Waals surface area contributed by atoms with E-state index in [0.717, 1.165) is 26.0 Å². The van der Waals surface area contributed by atoms with Crippen molar-refractivity contribution in [1.82, 2.24) is 15.5 Å². The Morgan fingerprint density at radius 2 is 1.80 bits per heavy atom. The van der Waals surface area contributed by atoms with Crippen LogP contribution in [0.5, 0.6) is 0 Å². The van der Waals surface area contributed by atoms with Gasteiger partial charge in [0.05, 0.1) is 13.2 Å². The number of carbonyl (C=O) groups is 1. The summed E-state index contributed by atoms with van der Waals surface area (Å²) in [5.41, 5.74) is 0. The summed E-state index contributed by atoms with van der Waals surface area (Å²) in [6.45, 7) is 2.22. The molecular formula is C15H27N3O2. The highest BCUT2D eigenvalue weighted by Gasteiger charge is 2.37. The Morgan fingerprint density at radius 3 is 2.45 bits per heavy atom. The Labute approximate surface area is 121 Å². The SMILES string of the molecule is CNC1CCC(N2CCOCC2C(=O)NC2CC2)CC1. The van der Waals surface area contributed by atoms with Crippen molar-refractivity contribution in [1.29, 1.82) is 0 Å². The fraction of sp³-hybridized carbons (Fsp3) is 0.933. The van der Waals surface area contributed by atoms with E-state index >= 15 is 0 Å². The Hall–Kier alpha value is -0.650. The predicted molar refractivity (Wildman–Crippen MR) is 77.6 cm³/mol. The average Bonchev–Trinajstić information content (AvgIpc) is 3.31. The van der Waals surface area contributed by atoms with Crippen molar-refractivity contribution < 1.29 is 9.53 Å². The summed E-state index contributed by atoms with van der Waals surface area (Å²) < 4.78 is 5.55. The second-order valence-electron chi connectivity index (χ2n) is 6.41. The van der Waals surface area contributed by atoms with Crippen LogP contribution in [0.2, 0.25) is 0 Å². The van der Waals surface area contributed by atoms with Gasteiger partial charge in [0.2, 0.25) is 5.91 Å². The molecule has 20 heavy (non-hydrogen) atoms. The molecule has 1 heterocycles. The number of carbonyl (C=O) groups excluding carboxylic acids is 1. The molecule has 1 amide bonds. The van der Waals surface area contributed by atoms with E-state index in [9.17, 15) is 4.79 Å². The minimum atomic E-state index is -0.0690. The van der Waals surface area contributed by atoms with Gasteiger partial charge in [0, 0.05) is 24.7 Å². The number of ether oxygens (including phenoxy) is 1. The summed E-state index contributed by atoms with van der Waals surface area (Å²) in [5, 5.41) is 6.51. The fourth-order valence-corrected chi connectivity index (χ4v) is 3.50. The summed E-state index contributed by atoms with van der Waals surface area (Å²) in [5.74, 6) is 0.183. The lowest BCUT2D eigenvalue weighted by Gasteiger charge is -2.43. The van der Waals surface area contributed by atoms with Crippen molar-refractivity contribution in [3.8, 4) is 0 Å². The first-order valence-corrected chi connectivity index (χ1v) is 8.09. The van der Waals surface area contributed by atoms with Gasteiger partial charge in [-0.1, -0.05) is 0 Å². The van der Waals surface area contributed by atoms with Crippen LogP contribution in [0.3, 0.4) is 0 Å². The Kier molecular flexibility index (Phi) is 4.58. The van der Waals surface area contributed by atoms with Gasteiger partial charge in [0.25, 0.3) is 0 Å². The zero-order valence-corrected chi connectivity index (χ0v) is 12.4. The molecule has 3 rings (SSSR count). The van der Waals surface area contributed by atoms with Crippen molar-refractivity contribution in [3.05, 3.63) is 0 Å². The summed E-state index contributed by atoms with van der Waals surface area (Å²) >= 11 is 0. The van der Waals surface area contributed by atoms with Gasteiger partial charge in [0.15, 0.2) is 0 Å². The first-order valence-electron chi connectivity index (χ1n) is 8.09. The van der Waals surface area contributed by atoms with E-state index in [1.54, 1.807) is 0 Å². The smallest absolute Gasteiger partial charge is 0.239 e. The van der Waals surface area contributed by atoms with Gasteiger partial charge in [-0.15, -0.1) is 0 Å². The van der Waals surface area contributed by atoms with E-state index in [2.05, 4.69) is 15.5 Å². The minimum Gasteiger partial charge on any atom is -0.378 e. The monoisotopic (exact) mass is 281 g/mol. The molecule has 0 aromatic carbocycles. The maximum Gasteiger partial charge on any atom is 0.239 e. The van der Waals surface area contributed by atoms with Crippen LogP contribution in [0.15, 0.2) is 0 Å². The molecular weight excluding hydrogens is 254 g/mol. The largest absolute Gasteiger partial charge is 0.378 e. The van der Waals surface area contributed by atoms with Gasteiger partial charge in [-0.3, -0.25) is 9.69 Å². The van der Waals surface area contributed by atoms with Crippen LogP contribution < -0.4 is 10.6 Å². The molecule has 0 radical (unpaired) electrons. The maximum atomic E-state index is 12.4. The molecule has 0 aromatic heterocycles. The van der Waals surface area contributed by atoms with Gasteiger partial charge in [-0.25, -0.2) is 0 Å². The second-order valence-corrected chi connectivity index (χ2v) is 6.41. The van der Waals surface area contributed by atoms with Crippen molar-refractivity contribution in [2.24, 2.45) is 0 Å². The molecule has 0 spiro atoms. The molecule has 3 aliphatic rings. The molecule has 1 unspecified atom stereocenters. The normalized spacial score (nSPS) is 35.8. The lowest BCUT2D eigenvalue weighted by atomic mass is 9.89. The Morgan fingerprint density at radius 1 is 1.10 bits per heavy atom. The molecule has 0 aromatic rings. The highest BCUT2D eigenvalue weighted by atomic mass is 16.5. The van der Waals surface area contributed by atoms with E-state index in [1.807, 2.05) is 7.05 Å². The van der Waals surface area contributed by atoms with Crippen LogP contribution in [0, 0.1) is 0 Å². The van der Waals surface area contributed by atoms with Crippen LogP contribution in [0.4, 0.5) is 0 Å². The molecule has 1 aliphatic heterocycles. The number of hydrogen-bond acceptors (Lipinski definition) is 4. The average molecular weight is 281 g/mol. The second kappa shape index (κ2) is 6.41. The highest BCUT2D eigenvalue weighted by molar-refractivity contribution is 5.82. The van der Waals surface area contributed by atoms with Crippen molar-refractivity contribution in [3.63, 3.8) is 0 Å². The number of morpholine rings is 1. The third-order valence-corrected chi connectivity index (χ3v) is 4.97. The van der Waals surface area contributed by atoms with E-state index in [-0.39, 0.29) is 11.9 Å². The third-order valence-electron chi connectivity index (χ3n) is 4.97. The third kappa shape index (κ3) is 3.32. The molecule has 2 N–H and O–H groups in total. The molecule has 2 aliphatic carbocycles. The van der Waals surface area contributed by atoms with Gasteiger partial charge in [-0.2, -0.15) is 0 Å². The minimum absolute atomic E-state index is 0.0690. The molecule has 0 bridgehead atoms. The molecule has 1 saturated heterocycles. The predicted octanol–water partition coefficient (Wildman–Crippen LogP) is 0.496. The molecule has 3 fully saturated rings. The Balaban J connectivity index is 1.58. The van der Waals surface area contributed by atoms with Crippen molar-refractivity contribution in [2.75, 3.05) is 26.8 Å². The van der Waals surface area contributed by atoms with Crippen LogP contribution in [0.25, 0.3) is 0 Å². The molecule has 1 atom stereocenters. The lowest BCUT2D eigenvalue weighted by molar-refractivity contribution is -0.135. The summed E-state index contributed by atoms with van der Waals surface area (Å²) in [6.07, 6.45) is 7.11. The highest BCUT2D eigenvalue weighted by Crippen LogP contribution is 2.26. The summed E-state index contributed by atoms with van der Waals surface area (Å²) in [6, 6.07) is 1.58. The fourth-order valence-electron chi connectivity index (χ4n) is 3.50. The molecule has 2 saturated carbocycles. The zero-order valence-electron chi connectivity index (χ0n) is 12.4. The topological polar surface area (TPSA) is 53.6 Å². The lowest BCUT2D eigenvalue weighted by Crippen LogP contribution is -2.58. The quantitative estimate of drug-likeness (QED) is 0.788. The number of rotatable bonds is 4. The van der Waals surface area contributed by atoms with Crippen LogP contribution >= 0.6 is 0 Å². The number of amides is 1. The van der Waals surface area contributed by atoms with E-state index in [0.29, 0.717) is 24.7 Å². The molecule has 5 heteroatoms. The van der Waals surface area contributed by atoms with Crippen molar-refractivity contribution >= 4 is 5.91 Å². The van der Waals surface area contributed by atoms with Crippen molar-refractivity contribution in [2.45, 2.75) is 62.7 Å². The van der Waals surface area contributed by atoms with Gasteiger partial charge < -0.3 is 15.4 Å². The first-order chi connectivity index (χ1) is 9.78. The van der Waals surface area contributed by atoms with Gasteiger partial charge in [-0.05, 0) is 45.6 Å². The standard InChI is InChI=1S/C15H27N3O2/c1-16-11-4-6-13(7-5-11)18-8-9-20-10-14(18)15(19)17-12-2-3-12/h11-14,16H,2-10H2,1H3,(H,17,19). The molecule has 114 valence electrons. The van der Waals surface area contributed by atoms with E-state index in [4.69, 9.17) is 4.74 Å². The van der Waals surface area contributed by atoms with Gasteiger partial charge in [0.1, 0.15) is 6.04 Å². The number of nitrogens with zero attached hydrogens (tertiary/aromatic N) is 1. The van der Waals surface area contributed by atoms with Crippen LogP contribution in [-0.4, -0.2) is 61.8 Å². The Bertz CT molecular complexity index is 338. The number of nitrogens with one attached hydrogen (secondary N) is 2.